The Morgan fingerprint density at radius 2 is 2.32 bits per heavy atom. The van der Waals surface area contributed by atoms with Crippen LogP contribution >= 0.6 is 11.3 Å². The number of carbonyl (C=O) groups excluding carboxylic acids is 1. The second-order valence-electron chi connectivity index (χ2n) is 5.04. The van der Waals surface area contributed by atoms with Crippen LogP contribution in [-0.2, 0) is 0 Å². The first-order valence-electron chi connectivity index (χ1n) is 6.83. The van der Waals surface area contributed by atoms with E-state index in [4.69, 9.17) is 5.73 Å². The van der Waals surface area contributed by atoms with Crippen molar-refractivity contribution in [3.8, 4) is 0 Å². The van der Waals surface area contributed by atoms with Gasteiger partial charge in [0.25, 0.3) is 5.91 Å². The number of nitrogens with zero attached hydrogens (tertiary/aromatic N) is 3. The molecule has 2 N–H and O–H groups in total. The molecule has 0 spiro atoms. The average molecular weight is 282 g/mol. The minimum absolute atomic E-state index is 0.0432. The van der Waals surface area contributed by atoms with Crippen LogP contribution in [0.5, 0.6) is 0 Å². The lowest BCUT2D eigenvalue weighted by atomic mass is 10.1. The van der Waals surface area contributed by atoms with Crippen LogP contribution in [0.25, 0.3) is 0 Å². The minimum atomic E-state index is 0.0432. The van der Waals surface area contributed by atoms with Crippen molar-refractivity contribution in [1.29, 1.82) is 0 Å². The Bertz CT molecular complexity index is 459. The molecular weight excluding hydrogens is 260 g/mol. The number of hydrogen-bond acceptors (Lipinski definition) is 5. The highest BCUT2D eigenvalue weighted by Gasteiger charge is 2.29. The number of amides is 1. The Morgan fingerprint density at radius 3 is 2.89 bits per heavy atom. The third-order valence-corrected chi connectivity index (χ3v) is 4.96. The minimum Gasteiger partial charge on any atom is -0.382 e. The molecule has 1 fully saturated rings. The Hall–Kier alpha value is -1.30. The predicted octanol–water partition coefficient (Wildman–Crippen LogP) is 2.05. The zero-order valence-corrected chi connectivity index (χ0v) is 12.7. The summed E-state index contributed by atoms with van der Waals surface area (Å²) in [6, 6.07) is 0. The van der Waals surface area contributed by atoms with E-state index < -0.39 is 0 Å². The lowest BCUT2D eigenvalue weighted by molar-refractivity contribution is 0.0792. The molecule has 1 amide bonds. The number of aromatic nitrogens is 1. The van der Waals surface area contributed by atoms with E-state index in [9.17, 15) is 4.79 Å². The van der Waals surface area contributed by atoms with Gasteiger partial charge in [0.05, 0.1) is 0 Å². The normalized spacial score (nSPS) is 18.9. The Kier molecular flexibility index (Phi) is 4.29. The third-order valence-electron chi connectivity index (χ3n) is 3.79. The lowest BCUT2D eigenvalue weighted by Gasteiger charge is -2.15. The summed E-state index contributed by atoms with van der Waals surface area (Å²) >= 11 is 1.39. The highest BCUT2D eigenvalue weighted by Crippen LogP contribution is 2.30. The van der Waals surface area contributed by atoms with Crippen molar-refractivity contribution in [3.05, 3.63) is 4.88 Å². The molecule has 0 aliphatic carbocycles. The molecule has 0 radical (unpaired) electrons. The number of anilines is 2. The van der Waals surface area contributed by atoms with Gasteiger partial charge < -0.3 is 15.5 Å². The molecule has 106 valence electrons. The van der Waals surface area contributed by atoms with E-state index in [1.807, 2.05) is 23.8 Å². The molecule has 2 heterocycles. The summed E-state index contributed by atoms with van der Waals surface area (Å²) < 4.78 is 0. The number of thiazole rings is 1. The molecule has 0 saturated carbocycles. The third kappa shape index (κ3) is 2.83. The SMILES string of the molecule is CCC1CCN(C(=O)c2sc(N(C)CC)nc2N)C1. The molecule has 1 aromatic heterocycles. The molecule has 2 rings (SSSR count). The zero-order chi connectivity index (χ0) is 14.0. The fraction of sp³-hybridized carbons (Fsp3) is 0.692. The highest BCUT2D eigenvalue weighted by molar-refractivity contribution is 7.18. The molecule has 6 heteroatoms. The molecule has 1 saturated heterocycles. The van der Waals surface area contributed by atoms with Crippen molar-refractivity contribution in [1.82, 2.24) is 9.88 Å². The molecule has 19 heavy (non-hydrogen) atoms. The first kappa shape index (κ1) is 14.1. The summed E-state index contributed by atoms with van der Waals surface area (Å²) in [5.74, 6) is 1.04. The van der Waals surface area contributed by atoms with Crippen LogP contribution in [0.2, 0.25) is 0 Å². The number of likely N-dealkylation sites (tertiary alicyclic amines) is 1. The van der Waals surface area contributed by atoms with E-state index in [0.717, 1.165) is 37.6 Å². The van der Waals surface area contributed by atoms with E-state index in [1.54, 1.807) is 0 Å². The molecule has 0 bridgehead atoms. The van der Waals surface area contributed by atoms with E-state index in [2.05, 4.69) is 11.9 Å². The van der Waals surface area contributed by atoms with Crippen molar-refractivity contribution in [2.45, 2.75) is 26.7 Å². The van der Waals surface area contributed by atoms with E-state index in [0.29, 0.717) is 16.6 Å². The average Bonchev–Trinajstić information content (AvgIpc) is 3.03. The van der Waals surface area contributed by atoms with Crippen molar-refractivity contribution < 1.29 is 4.79 Å². The largest absolute Gasteiger partial charge is 0.382 e. The maximum atomic E-state index is 12.5. The van der Waals surface area contributed by atoms with Gasteiger partial charge in [0.1, 0.15) is 10.7 Å². The van der Waals surface area contributed by atoms with Gasteiger partial charge in [-0.05, 0) is 19.3 Å². The fourth-order valence-corrected chi connectivity index (χ4v) is 3.24. The van der Waals surface area contributed by atoms with Crippen molar-refractivity contribution >= 4 is 28.2 Å². The Balaban J connectivity index is 2.13. The van der Waals surface area contributed by atoms with E-state index >= 15 is 0 Å². The number of rotatable bonds is 4. The van der Waals surface area contributed by atoms with Crippen LogP contribution in [0.15, 0.2) is 0 Å². The van der Waals surface area contributed by atoms with Gasteiger partial charge in [-0.3, -0.25) is 4.79 Å². The summed E-state index contributed by atoms with van der Waals surface area (Å²) in [6.07, 6.45) is 2.23. The molecule has 1 aliphatic rings. The number of nitrogens with two attached hydrogens (primary N) is 1. The number of nitrogen functional groups attached to an aromatic ring is 1. The first-order valence-corrected chi connectivity index (χ1v) is 7.65. The number of hydrogen-bond donors (Lipinski definition) is 1. The zero-order valence-electron chi connectivity index (χ0n) is 11.8. The quantitative estimate of drug-likeness (QED) is 0.918. The summed E-state index contributed by atoms with van der Waals surface area (Å²) in [5, 5.41) is 0.814. The maximum absolute atomic E-state index is 12.5. The van der Waals surface area contributed by atoms with Gasteiger partial charge in [-0.15, -0.1) is 0 Å². The molecule has 1 aliphatic heterocycles. The summed E-state index contributed by atoms with van der Waals surface area (Å²) in [6.45, 7) is 6.76. The summed E-state index contributed by atoms with van der Waals surface area (Å²) in [5.41, 5.74) is 5.89. The number of carbonyl (C=O) groups is 1. The summed E-state index contributed by atoms with van der Waals surface area (Å²) in [4.78, 5) is 21.2. The van der Waals surface area contributed by atoms with Gasteiger partial charge >= 0.3 is 0 Å². The van der Waals surface area contributed by atoms with Gasteiger partial charge in [-0.2, -0.15) is 0 Å². The fourth-order valence-electron chi connectivity index (χ4n) is 2.27. The second kappa shape index (κ2) is 5.77. The predicted molar refractivity (Wildman–Crippen MR) is 79.8 cm³/mol. The maximum Gasteiger partial charge on any atom is 0.267 e. The standard InChI is InChI=1S/C13H22N4OS/c1-4-9-6-7-17(8-9)12(18)10-11(14)15-13(19-10)16(3)5-2/h9H,4-8,14H2,1-3H3. The second-order valence-corrected chi connectivity index (χ2v) is 6.02. The molecular formula is C13H22N4OS. The van der Waals surface area contributed by atoms with Crippen LogP contribution in [0, 0.1) is 5.92 Å². The molecule has 5 nitrogen and oxygen atoms in total. The van der Waals surface area contributed by atoms with Gasteiger partial charge in [-0.25, -0.2) is 4.98 Å². The van der Waals surface area contributed by atoms with Crippen molar-refractivity contribution in [2.75, 3.05) is 37.3 Å². The smallest absolute Gasteiger partial charge is 0.267 e. The monoisotopic (exact) mass is 282 g/mol. The van der Waals surface area contributed by atoms with Crippen LogP contribution in [-0.4, -0.2) is 42.5 Å². The topological polar surface area (TPSA) is 62.5 Å². The molecule has 1 aromatic rings. The van der Waals surface area contributed by atoms with Crippen molar-refractivity contribution in [3.63, 3.8) is 0 Å². The van der Waals surface area contributed by atoms with Gasteiger partial charge in [0.2, 0.25) is 0 Å². The van der Waals surface area contributed by atoms with Gasteiger partial charge in [0, 0.05) is 26.7 Å². The van der Waals surface area contributed by atoms with Crippen LogP contribution in [0.1, 0.15) is 36.4 Å². The molecule has 1 unspecified atom stereocenters. The van der Waals surface area contributed by atoms with Crippen LogP contribution in [0.4, 0.5) is 10.9 Å². The van der Waals surface area contributed by atoms with E-state index in [-0.39, 0.29) is 5.91 Å². The van der Waals surface area contributed by atoms with Crippen LogP contribution < -0.4 is 10.6 Å². The Morgan fingerprint density at radius 1 is 1.58 bits per heavy atom. The Labute approximate surface area is 118 Å². The van der Waals surface area contributed by atoms with Gasteiger partial charge in [-0.1, -0.05) is 24.7 Å². The van der Waals surface area contributed by atoms with Crippen molar-refractivity contribution in [2.24, 2.45) is 5.92 Å². The molecule has 1 atom stereocenters. The molecule has 0 aromatic carbocycles. The lowest BCUT2D eigenvalue weighted by Crippen LogP contribution is -2.28. The highest BCUT2D eigenvalue weighted by atomic mass is 32.1. The summed E-state index contributed by atoms with van der Waals surface area (Å²) in [7, 11) is 1.95. The van der Waals surface area contributed by atoms with Crippen LogP contribution in [0.3, 0.4) is 0 Å². The first-order chi connectivity index (χ1) is 9.06. The van der Waals surface area contributed by atoms with Gasteiger partial charge in [0.15, 0.2) is 5.13 Å². The van der Waals surface area contributed by atoms with E-state index in [1.165, 1.54) is 11.3 Å².